The van der Waals surface area contributed by atoms with E-state index >= 15 is 4.39 Å². The van der Waals surface area contributed by atoms with Gasteiger partial charge in [-0.15, -0.1) is 0 Å². The molecule has 162 valence electrons. The topological polar surface area (TPSA) is 132 Å². The van der Waals surface area contributed by atoms with Gasteiger partial charge in [0.25, 0.3) is 0 Å². The van der Waals surface area contributed by atoms with Crippen LogP contribution in [0.4, 0.5) is 4.39 Å². The summed E-state index contributed by atoms with van der Waals surface area (Å²) in [6.45, 7) is 2.14. The molecular weight excluding hydrogens is 415 g/mol. The molecule has 0 bridgehead atoms. The van der Waals surface area contributed by atoms with Crippen LogP contribution in [0.5, 0.6) is 0 Å². The van der Waals surface area contributed by atoms with Crippen LogP contribution in [0, 0.1) is 28.6 Å². The minimum atomic E-state index is -1.57. The standard InChI is InChI=1S/C22H25FN6OS/c1-2-22(29-9-8-21(23,13-26)14-29)16(10-24)12-28-20(17(22)11-25)31-18(19(27)30)15-6-4-3-5-7-15/h3-7,12,17-18H,2,8-9,13-14,26H2,1H3,(H2,27,30)/t17?,18-,21+,22?/m1/s1. The Bertz CT molecular complexity index is 984. The number of hydrogen-bond acceptors (Lipinski definition) is 7. The minimum absolute atomic E-state index is 0.0322. The number of aliphatic imine (C=N–C) groups is 1. The summed E-state index contributed by atoms with van der Waals surface area (Å²) >= 11 is 1.11. The van der Waals surface area contributed by atoms with Crippen molar-refractivity contribution in [3.8, 4) is 12.1 Å². The van der Waals surface area contributed by atoms with E-state index in [0.717, 1.165) is 11.8 Å². The first-order valence-corrected chi connectivity index (χ1v) is 11.0. The number of nitrogens with zero attached hydrogens (tertiary/aromatic N) is 4. The molecule has 0 aliphatic carbocycles. The Balaban J connectivity index is 2.03. The molecule has 4 atom stereocenters. The maximum Gasteiger partial charge on any atom is 0.235 e. The highest BCUT2D eigenvalue weighted by molar-refractivity contribution is 8.14. The Kier molecular flexibility index (Phi) is 6.80. The second kappa shape index (κ2) is 9.19. The van der Waals surface area contributed by atoms with E-state index < -0.39 is 28.3 Å². The predicted octanol–water partition coefficient (Wildman–Crippen LogP) is 2.43. The average molecular weight is 441 g/mol. The van der Waals surface area contributed by atoms with E-state index in [-0.39, 0.29) is 19.5 Å². The summed E-state index contributed by atoms with van der Waals surface area (Å²) in [7, 11) is 0. The van der Waals surface area contributed by atoms with Crippen molar-refractivity contribution in [1.82, 2.24) is 4.90 Å². The van der Waals surface area contributed by atoms with E-state index in [9.17, 15) is 15.3 Å². The molecule has 4 N–H and O–H groups in total. The molecule has 2 unspecified atom stereocenters. The first-order chi connectivity index (χ1) is 14.8. The van der Waals surface area contributed by atoms with Gasteiger partial charge in [-0.3, -0.25) is 14.7 Å². The number of halogens is 1. The molecule has 0 radical (unpaired) electrons. The van der Waals surface area contributed by atoms with Gasteiger partial charge in [-0.2, -0.15) is 10.5 Å². The zero-order chi connectivity index (χ0) is 22.6. The van der Waals surface area contributed by atoms with Crippen molar-refractivity contribution < 1.29 is 9.18 Å². The van der Waals surface area contributed by atoms with Crippen LogP contribution in [0.15, 0.2) is 47.1 Å². The number of primary amides is 1. The Labute approximate surface area is 185 Å². The summed E-state index contributed by atoms with van der Waals surface area (Å²) in [4.78, 5) is 18.4. The molecule has 1 aromatic carbocycles. The number of alkyl halides is 1. The first-order valence-electron chi connectivity index (χ1n) is 10.1. The van der Waals surface area contributed by atoms with Crippen molar-refractivity contribution in [3.05, 3.63) is 47.7 Å². The highest BCUT2D eigenvalue weighted by Crippen LogP contribution is 2.46. The Hall–Kier alpha value is -2.72. The molecule has 0 aromatic heterocycles. The monoisotopic (exact) mass is 440 g/mol. The normalized spacial score (nSPS) is 29.4. The second-order valence-electron chi connectivity index (χ2n) is 7.80. The SMILES string of the molecule is CCC1(N2CC[C@](F)(CN)C2)C(C#N)=CN=C(S[C@@H](C(N)=O)c2ccccc2)C1C#N. The summed E-state index contributed by atoms with van der Waals surface area (Å²) < 4.78 is 15.0. The number of rotatable bonds is 6. The summed E-state index contributed by atoms with van der Waals surface area (Å²) in [5, 5.41) is 19.6. The maximum atomic E-state index is 15.0. The average Bonchev–Trinajstić information content (AvgIpc) is 3.19. The molecular formula is C22H25FN6OS. The lowest BCUT2D eigenvalue weighted by Crippen LogP contribution is -2.57. The molecule has 1 aromatic rings. The van der Waals surface area contributed by atoms with Crippen LogP contribution in [-0.2, 0) is 4.79 Å². The lowest BCUT2D eigenvalue weighted by molar-refractivity contribution is -0.117. The highest BCUT2D eigenvalue weighted by Gasteiger charge is 2.55. The molecule has 9 heteroatoms. The Morgan fingerprint density at radius 2 is 2.13 bits per heavy atom. The largest absolute Gasteiger partial charge is 0.368 e. The van der Waals surface area contributed by atoms with Gasteiger partial charge in [0, 0.05) is 25.8 Å². The molecule has 1 saturated heterocycles. The molecule has 1 fully saturated rings. The van der Waals surface area contributed by atoms with E-state index in [0.29, 0.717) is 29.1 Å². The first kappa shape index (κ1) is 23.0. The molecule has 0 spiro atoms. The van der Waals surface area contributed by atoms with Crippen molar-refractivity contribution in [1.29, 1.82) is 10.5 Å². The number of likely N-dealkylation sites (tertiary alicyclic amines) is 1. The van der Waals surface area contributed by atoms with E-state index in [1.807, 2.05) is 17.9 Å². The zero-order valence-corrected chi connectivity index (χ0v) is 18.1. The molecule has 2 aliphatic rings. The van der Waals surface area contributed by atoms with Gasteiger partial charge in [0.05, 0.1) is 28.3 Å². The number of hydrogen-bond donors (Lipinski definition) is 2. The van der Waals surface area contributed by atoms with Gasteiger partial charge in [0.15, 0.2) is 0 Å². The van der Waals surface area contributed by atoms with Crippen molar-refractivity contribution in [2.75, 3.05) is 19.6 Å². The smallest absolute Gasteiger partial charge is 0.235 e. The van der Waals surface area contributed by atoms with Gasteiger partial charge in [0.2, 0.25) is 5.91 Å². The van der Waals surface area contributed by atoms with Crippen molar-refractivity contribution in [3.63, 3.8) is 0 Å². The number of thioether (sulfide) groups is 1. The quantitative estimate of drug-likeness (QED) is 0.698. The van der Waals surface area contributed by atoms with E-state index in [2.05, 4.69) is 17.1 Å². The van der Waals surface area contributed by atoms with E-state index in [1.165, 1.54) is 6.20 Å². The van der Waals surface area contributed by atoms with E-state index in [4.69, 9.17) is 11.5 Å². The summed E-state index contributed by atoms with van der Waals surface area (Å²) in [5.74, 6) is -1.41. The minimum Gasteiger partial charge on any atom is -0.368 e. The van der Waals surface area contributed by atoms with Gasteiger partial charge >= 0.3 is 0 Å². The van der Waals surface area contributed by atoms with Gasteiger partial charge < -0.3 is 11.5 Å². The number of amides is 1. The summed E-state index contributed by atoms with van der Waals surface area (Å²) in [6.07, 6.45) is 2.07. The predicted molar refractivity (Wildman–Crippen MR) is 118 cm³/mol. The number of nitrogens with two attached hydrogens (primary N) is 2. The molecule has 7 nitrogen and oxygen atoms in total. The fraction of sp³-hybridized carbons (Fsp3) is 0.455. The van der Waals surface area contributed by atoms with Crippen LogP contribution in [0.3, 0.4) is 0 Å². The number of carbonyl (C=O) groups excluding carboxylic acids is 1. The van der Waals surface area contributed by atoms with Crippen molar-refractivity contribution >= 4 is 22.7 Å². The lowest BCUT2D eigenvalue weighted by Gasteiger charge is -2.46. The summed E-state index contributed by atoms with van der Waals surface area (Å²) in [6, 6.07) is 13.5. The third kappa shape index (κ3) is 4.09. The molecule has 2 aliphatic heterocycles. The molecule has 2 heterocycles. The number of carbonyl (C=O) groups is 1. The highest BCUT2D eigenvalue weighted by atomic mass is 32.2. The van der Waals surface area contributed by atoms with Crippen LogP contribution < -0.4 is 11.5 Å². The van der Waals surface area contributed by atoms with Crippen molar-refractivity contribution in [2.24, 2.45) is 22.4 Å². The number of benzene rings is 1. The van der Waals surface area contributed by atoms with Gasteiger partial charge in [-0.1, -0.05) is 49.0 Å². The summed E-state index contributed by atoms with van der Waals surface area (Å²) in [5.41, 5.74) is 9.70. The maximum absolute atomic E-state index is 15.0. The van der Waals surface area contributed by atoms with E-state index in [1.54, 1.807) is 24.3 Å². The molecule has 31 heavy (non-hydrogen) atoms. The van der Waals surface area contributed by atoms with Gasteiger partial charge in [-0.05, 0) is 18.4 Å². The Morgan fingerprint density at radius 3 is 2.65 bits per heavy atom. The third-order valence-corrected chi connectivity index (χ3v) is 7.46. The van der Waals surface area contributed by atoms with Gasteiger partial charge in [-0.25, -0.2) is 4.39 Å². The van der Waals surface area contributed by atoms with Crippen LogP contribution in [0.2, 0.25) is 0 Å². The third-order valence-electron chi connectivity index (χ3n) is 6.13. The zero-order valence-electron chi connectivity index (χ0n) is 17.3. The molecule has 0 saturated carbocycles. The van der Waals surface area contributed by atoms with Crippen LogP contribution >= 0.6 is 11.8 Å². The Morgan fingerprint density at radius 1 is 1.42 bits per heavy atom. The lowest BCUT2D eigenvalue weighted by atomic mass is 9.74. The van der Waals surface area contributed by atoms with Crippen LogP contribution in [0.1, 0.15) is 30.6 Å². The van der Waals surface area contributed by atoms with Crippen LogP contribution in [0.25, 0.3) is 0 Å². The fourth-order valence-electron chi connectivity index (χ4n) is 4.41. The molecule has 3 rings (SSSR count). The second-order valence-corrected chi connectivity index (χ2v) is 8.92. The van der Waals surface area contributed by atoms with Crippen molar-refractivity contribution in [2.45, 2.75) is 36.2 Å². The fourth-order valence-corrected chi connectivity index (χ4v) is 5.56. The molecule has 1 amide bonds. The van der Waals surface area contributed by atoms with Gasteiger partial charge in [0.1, 0.15) is 16.8 Å². The number of nitriles is 2. The van der Waals surface area contributed by atoms with Crippen LogP contribution in [-0.4, -0.2) is 46.7 Å².